The molecule has 0 bridgehead atoms. The molecule has 5 nitrogen and oxygen atoms in total. The molecule has 1 amide bonds. The van der Waals surface area contributed by atoms with Gasteiger partial charge in [-0.25, -0.2) is 9.18 Å². The summed E-state index contributed by atoms with van der Waals surface area (Å²) < 4.78 is 13.7. The number of carboxylic acid groups (broad SMARTS) is 1. The Balaban J connectivity index is 1.77. The number of nitrogens with one attached hydrogen (secondary N) is 1. The minimum Gasteiger partial charge on any atom is -0.480 e. The fraction of sp³-hybridized carbons (Fsp3) is 0.421. The normalized spacial score (nSPS) is 19.1. The molecule has 0 unspecified atom stereocenters. The van der Waals surface area contributed by atoms with Crippen molar-refractivity contribution in [2.45, 2.75) is 50.0 Å². The largest absolute Gasteiger partial charge is 0.480 e. The van der Waals surface area contributed by atoms with Crippen molar-refractivity contribution in [3.63, 3.8) is 0 Å². The van der Waals surface area contributed by atoms with Crippen molar-refractivity contribution in [2.75, 3.05) is 0 Å². The highest BCUT2D eigenvalue weighted by atomic mass is 19.1. The van der Waals surface area contributed by atoms with E-state index >= 15 is 0 Å². The van der Waals surface area contributed by atoms with Gasteiger partial charge in [0.15, 0.2) is 0 Å². The van der Waals surface area contributed by atoms with Crippen LogP contribution in [0.5, 0.6) is 0 Å². The molecule has 1 aromatic carbocycles. The van der Waals surface area contributed by atoms with Gasteiger partial charge in [-0.15, -0.1) is 0 Å². The van der Waals surface area contributed by atoms with E-state index in [0.717, 1.165) is 31.4 Å². The van der Waals surface area contributed by atoms with Gasteiger partial charge in [-0.2, -0.15) is 0 Å². The lowest BCUT2D eigenvalue weighted by atomic mass is 9.96. The summed E-state index contributed by atoms with van der Waals surface area (Å²) in [6, 6.07) is 5.87. The van der Waals surface area contributed by atoms with Crippen LogP contribution in [0, 0.1) is 5.82 Å². The van der Waals surface area contributed by atoms with Crippen LogP contribution in [-0.2, 0) is 4.79 Å². The predicted molar refractivity (Wildman–Crippen MR) is 90.0 cm³/mol. The number of aliphatic carboxylic acids is 1. The summed E-state index contributed by atoms with van der Waals surface area (Å²) >= 11 is 0. The van der Waals surface area contributed by atoms with E-state index in [2.05, 4.69) is 10.3 Å². The fourth-order valence-electron chi connectivity index (χ4n) is 3.65. The molecule has 130 valence electrons. The molecular weight excluding hydrogens is 323 g/mol. The maximum absolute atomic E-state index is 13.7. The number of amides is 1. The number of hydrogen-bond acceptors (Lipinski definition) is 3. The van der Waals surface area contributed by atoms with Gasteiger partial charge in [0.2, 0.25) is 0 Å². The number of rotatable bonds is 4. The van der Waals surface area contributed by atoms with Crippen molar-refractivity contribution in [1.29, 1.82) is 0 Å². The molecule has 0 radical (unpaired) electrons. The smallest absolute Gasteiger partial charge is 0.329 e. The SMILES string of the molecule is O=C(NC1(C(=O)O)CCCC1)c1cc(C2CC2)nc2ccc(F)cc12. The van der Waals surface area contributed by atoms with Crippen LogP contribution in [0.15, 0.2) is 24.3 Å². The monoisotopic (exact) mass is 342 g/mol. The Morgan fingerprint density at radius 2 is 1.92 bits per heavy atom. The molecule has 2 fully saturated rings. The molecule has 6 heteroatoms. The molecule has 2 saturated carbocycles. The van der Waals surface area contributed by atoms with E-state index in [1.807, 2.05) is 0 Å². The second-order valence-corrected chi connectivity index (χ2v) is 7.08. The van der Waals surface area contributed by atoms with Crippen molar-refractivity contribution in [3.8, 4) is 0 Å². The Kier molecular flexibility index (Phi) is 3.71. The molecule has 0 atom stereocenters. The van der Waals surface area contributed by atoms with Gasteiger partial charge in [-0.05, 0) is 49.9 Å². The lowest BCUT2D eigenvalue weighted by molar-refractivity contribution is -0.144. The minimum absolute atomic E-state index is 0.305. The molecule has 2 aliphatic carbocycles. The standard InChI is InChI=1S/C19H19FN2O3/c20-12-5-6-15-13(9-12)14(10-16(21-15)11-3-4-11)17(23)22-19(18(24)25)7-1-2-8-19/h5-6,9-11H,1-4,7-8H2,(H,22,23)(H,24,25). The number of aromatic nitrogens is 1. The molecule has 1 heterocycles. The molecule has 1 aromatic heterocycles. The first-order chi connectivity index (χ1) is 12.0. The van der Waals surface area contributed by atoms with Gasteiger partial charge in [-0.3, -0.25) is 9.78 Å². The van der Waals surface area contributed by atoms with Crippen LogP contribution >= 0.6 is 0 Å². The average molecular weight is 342 g/mol. The van der Waals surface area contributed by atoms with Crippen LogP contribution in [-0.4, -0.2) is 27.5 Å². The lowest BCUT2D eigenvalue weighted by Gasteiger charge is -2.25. The second-order valence-electron chi connectivity index (χ2n) is 7.08. The van der Waals surface area contributed by atoms with Crippen LogP contribution in [0.3, 0.4) is 0 Å². The maximum Gasteiger partial charge on any atom is 0.329 e. The summed E-state index contributed by atoms with van der Waals surface area (Å²) in [6.07, 6.45) is 4.43. The Morgan fingerprint density at radius 1 is 1.20 bits per heavy atom. The van der Waals surface area contributed by atoms with Crippen LogP contribution in [0.25, 0.3) is 10.9 Å². The fourth-order valence-corrected chi connectivity index (χ4v) is 3.65. The van der Waals surface area contributed by atoms with Gasteiger partial charge in [0.1, 0.15) is 11.4 Å². The number of halogens is 1. The van der Waals surface area contributed by atoms with E-state index in [4.69, 9.17) is 0 Å². The zero-order valence-corrected chi connectivity index (χ0v) is 13.7. The van der Waals surface area contributed by atoms with Crippen LogP contribution < -0.4 is 5.32 Å². The van der Waals surface area contributed by atoms with Gasteiger partial charge < -0.3 is 10.4 Å². The lowest BCUT2D eigenvalue weighted by Crippen LogP contribution is -2.52. The third kappa shape index (κ3) is 2.86. The van der Waals surface area contributed by atoms with E-state index in [-0.39, 0.29) is 0 Å². The molecule has 2 aliphatic rings. The molecule has 2 N–H and O–H groups in total. The first kappa shape index (κ1) is 16.0. The van der Waals surface area contributed by atoms with Gasteiger partial charge >= 0.3 is 5.97 Å². The summed E-state index contributed by atoms with van der Waals surface area (Å²) in [5, 5.41) is 12.7. The van der Waals surface area contributed by atoms with Crippen LogP contribution in [0.1, 0.15) is 60.5 Å². The highest BCUT2D eigenvalue weighted by molar-refractivity contribution is 6.07. The van der Waals surface area contributed by atoms with Crippen molar-refractivity contribution >= 4 is 22.8 Å². The van der Waals surface area contributed by atoms with E-state index < -0.39 is 23.2 Å². The van der Waals surface area contributed by atoms with E-state index in [0.29, 0.717) is 35.2 Å². The zero-order valence-electron chi connectivity index (χ0n) is 13.7. The molecule has 0 saturated heterocycles. The quantitative estimate of drug-likeness (QED) is 0.893. The summed E-state index contributed by atoms with van der Waals surface area (Å²) in [6.45, 7) is 0. The highest BCUT2D eigenvalue weighted by Crippen LogP contribution is 2.40. The Bertz CT molecular complexity index is 870. The number of benzene rings is 1. The number of hydrogen-bond donors (Lipinski definition) is 2. The Hall–Kier alpha value is -2.50. The Labute approximate surface area is 144 Å². The number of carboxylic acids is 1. The van der Waals surface area contributed by atoms with Gasteiger partial charge in [0.05, 0.1) is 11.1 Å². The predicted octanol–water partition coefficient (Wildman–Crippen LogP) is 3.38. The van der Waals surface area contributed by atoms with Crippen molar-refractivity contribution in [1.82, 2.24) is 10.3 Å². The van der Waals surface area contributed by atoms with Gasteiger partial charge in [0.25, 0.3) is 5.91 Å². The summed E-state index contributed by atoms with van der Waals surface area (Å²) in [5.41, 5.74) is 0.463. The summed E-state index contributed by atoms with van der Waals surface area (Å²) in [4.78, 5) is 29.2. The second kappa shape index (κ2) is 5.79. The molecule has 25 heavy (non-hydrogen) atoms. The van der Waals surface area contributed by atoms with Crippen LogP contribution in [0.4, 0.5) is 4.39 Å². The molecular formula is C19H19FN2O3. The minimum atomic E-state index is -1.22. The third-order valence-electron chi connectivity index (χ3n) is 5.25. The molecule has 0 spiro atoms. The molecule has 2 aromatic rings. The first-order valence-corrected chi connectivity index (χ1v) is 8.65. The summed E-state index contributed by atoms with van der Waals surface area (Å²) in [7, 11) is 0. The Morgan fingerprint density at radius 3 is 2.56 bits per heavy atom. The number of pyridine rings is 1. The summed E-state index contributed by atoms with van der Waals surface area (Å²) in [5.74, 6) is -1.59. The maximum atomic E-state index is 13.7. The highest BCUT2D eigenvalue weighted by Gasteiger charge is 2.43. The zero-order chi connectivity index (χ0) is 17.6. The average Bonchev–Trinajstić information content (AvgIpc) is 3.33. The number of carbonyl (C=O) groups is 2. The van der Waals surface area contributed by atoms with E-state index in [1.54, 1.807) is 12.1 Å². The van der Waals surface area contributed by atoms with Gasteiger partial charge in [0, 0.05) is 17.0 Å². The first-order valence-electron chi connectivity index (χ1n) is 8.65. The number of carbonyl (C=O) groups excluding carboxylic acids is 1. The molecule has 0 aliphatic heterocycles. The van der Waals surface area contributed by atoms with Crippen molar-refractivity contribution in [2.24, 2.45) is 0 Å². The number of fused-ring (bicyclic) bond motifs is 1. The molecule has 4 rings (SSSR count). The third-order valence-corrected chi connectivity index (χ3v) is 5.25. The van der Waals surface area contributed by atoms with E-state index in [9.17, 15) is 19.1 Å². The van der Waals surface area contributed by atoms with E-state index in [1.165, 1.54) is 12.1 Å². The topological polar surface area (TPSA) is 79.3 Å². The van der Waals surface area contributed by atoms with Crippen molar-refractivity contribution in [3.05, 3.63) is 41.3 Å². The van der Waals surface area contributed by atoms with Crippen molar-refractivity contribution < 1.29 is 19.1 Å². The number of nitrogens with zero attached hydrogens (tertiary/aromatic N) is 1. The van der Waals surface area contributed by atoms with Gasteiger partial charge in [-0.1, -0.05) is 12.8 Å². The van der Waals surface area contributed by atoms with Crippen LogP contribution in [0.2, 0.25) is 0 Å².